The van der Waals surface area contributed by atoms with Crippen molar-refractivity contribution in [2.24, 2.45) is 5.73 Å². The lowest BCUT2D eigenvalue weighted by molar-refractivity contribution is -0.147. The van der Waals surface area contributed by atoms with Crippen molar-refractivity contribution >= 4 is 34.1 Å². The van der Waals surface area contributed by atoms with Crippen LogP contribution in [-0.4, -0.2) is 24.4 Å². The van der Waals surface area contributed by atoms with Crippen molar-refractivity contribution < 1.29 is 19.1 Å². The minimum atomic E-state index is -0.527. The first-order valence-electron chi connectivity index (χ1n) is 8.42. The lowest BCUT2D eigenvalue weighted by Crippen LogP contribution is -2.22. The Bertz CT molecular complexity index is 624. The molecule has 0 fully saturated rings. The van der Waals surface area contributed by atoms with Gasteiger partial charge in [-0.1, -0.05) is 19.8 Å². The molecular formula is C17H24N2O4S. The van der Waals surface area contributed by atoms with Crippen LogP contribution in [0, 0.1) is 0 Å². The highest BCUT2D eigenvalue weighted by Gasteiger charge is 2.25. The molecule has 0 radical (unpaired) electrons. The van der Waals surface area contributed by atoms with Gasteiger partial charge in [-0.15, -0.1) is 11.3 Å². The van der Waals surface area contributed by atoms with Gasteiger partial charge in [0, 0.05) is 11.3 Å². The lowest BCUT2D eigenvalue weighted by atomic mass is 9.95. The van der Waals surface area contributed by atoms with E-state index in [-0.39, 0.29) is 12.6 Å². The number of fused-ring (bicyclic) bond motifs is 1. The average Bonchev–Trinajstić information content (AvgIpc) is 2.91. The number of ether oxygens (including phenoxy) is 1. The van der Waals surface area contributed by atoms with E-state index in [1.807, 2.05) is 0 Å². The van der Waals surface area contributed by atoms with E-state index in [0.29, 0.717) is 17.0 Å². The third kappa shape index (κ3) is 4.80. The second-order valence-corrected chi connectivity index (χ2v) is 7.05. The fourth-order valence-corrected chi connectivity index (χ4v) is 4.13. The van der Waals surface area contributed by atoms with Gasteiger partial charge in [0.2, 0.25) is 0 Å². The maximum absolute atomic E-state index is 12.0. The zero-order chi connectivity index (χ0) is 17.5. The number of hydrogen-bond acceptors (Lipinski definition) is 5. The predicted octanol–water partition coefficient (Wildman–Crippen LogP) is 2.79. The van der Waals surface area contributed by atoms with Crippen molar-refractivity contribution in [2.75, 3.05) is 11.9 Å². The first-order valence-corrected chi connectivity index (χ1v) is 9.24. The molecule has 1 aromatic heterocycles. The van der Waals surface area contributed by atoms with Crippen LogP contribution in [0.25, 0.3) is 0 Å². The SMILES string of the molecule is CCCCCC(=O)OCC(=O)Nc1sc2c(c1C(N)=O)CCCC2. The molecule has 0 bridgehead atoms. The zero-order valence-electron chi connectivity index (χ0n) is 14.0. The highest BCUT2D eigenvalue weighted by atomic mass is 32.1. The van der Waals surface area contributed by atoms with Gasteiger partial charge in [0.15, 0.2) is 6.61 Å². The maximum atomic E-state index is 12.0. The molecule has 2 amide bonds. The van der Waals surface area contributed by atoms with Crippen molar-refractivity contribution in [2.45, 2.75) is 58.3 Å². The molecule has 6 nitrogen and oxygen atoms in total. The van der Waals surface area contributed by atoms with Gasteiger partial charge >= 0.3 is 5.97 Å². The normalized spacial score (nSPS) is 13.2. The summed E-state index contributed by atoms with van der Waals surface area (Å²) in [6.07, 6.45) is 6.88. The molecule has 0 aliphatic heterocycles. The first kappa shape index (κ1) is 18.4. The van der Waals surface area contributed by atoms with Crippen molar-refractivity contribution in [3.63, 3.8) is 0 Å². The smallest absolute Gasteiger partial charge is 0.306 e. The van der Waals surface area contributed by atoms with E-state index >= 15 is 0 Å². The second-order valence-electron chi connectivity index (χ2n) is 5.95. The molecule has 0 atom stereocenters. The third-order valence-corrected chi connectivity index (χ3v) is 5.23. The quantitative estimate of drug-likeness (QED) is 0.555. The molecule has 132 valence electrons. The van der Waals surface area contributed by atoms with Gasteiger partial charge in [0.25, 0.3) is 11.8 Å². The number of anilines is 1. The molecule has 7 heteroatoms. The van der Waals surface area contributed by atoms with Crippen LogP contribution < -0.4 is 11.1 Å². The molecule has 0 unspecified atom stereocenters. The molecule has 1 aromatic rings. The van der Waals surface area contributed by atoms with Crippen LogP contribution in [0.4, 0.5) is 5.00 Å². The number of aryl methyl sites for hydroxylation is 1. The van der Waals surface area contributed by atoms with E-state index in [1.54, 1.807) is 0 Å². The van der Waals surface area contributed by atoms with Crippen LogP contribution in [0.5, 0.6) is 0 Å². The van der Waals surface area contributed by atoms with Crippen molar-refractivity contribution in [1.29, 1.82) is 0 Å². The largest absolute Gasteiger partial charge is 0.456 e. The summed E-state index contributed by atoms with van der Waals surface area (Å²) >= 11 is 1.40. The summed E-state index contributed by atoms with van der Waals surface area (Å²) in [5, 5.41) is 3.15. The number of rotatable bonds is 8. The topological polar surface area (TPSA) is 98.5 Å². The predicted molar refractivity (Wildman–Crippen MR) is 93.2 cm³/mol. The Labute approximate surface area is 145 Å². The van der Waals surface area contributed by atoms with Crippen LogP contribution in [0.2, 0.25) is 0 Å². The van der Waals surface area contributed by atoms with E-state index in [2.05, 4.69) is 12.2 Å². The third-order valence-electron chi connectivity index (χ3n) is 4.02. The highest BCUT2D eigenvalue weighted by Crippen LogP contribution is 2.37. The molecule has 1 aliphatic carbocycles. The molecule has 2 rings (SSSR count). The number of carbonyl (C=O) groups excluding carboxylic acids is 3. The van der Waals surface area contributed by atoms with E-state index in [4.69, 9.17) is 10.5 Å². The van der Waals surface area contributed by atoms with Crippen molar-refractivity contribution in [1.82, 2.24) is 0 Å². The second kappa shape index (κ2) is 8.82. The number of esters is 1. The Balaban J connectivity index is 1.93. The van der Waals surface area contributed by atoms with Crippen molar-refractivity contribution in [3.05, 3.63) is 16.0 Å². The molecule has 0 spiro atoms. The maximum Gasteiger partial charge on any atom is 0.306 e. The number of nitrogens with two attached hydrogens (primary N) is 1. The van der Waals surface area contributed by atoms with Gasteiger partial charge in [-0.2, -0.15) is 0 Å². The minimum absolute atomic E-state index is 0.320. The number of carbonyl (C=O) groups is 3. The molecule has 0 aromatic carbocycles. The number of hydrogen-bond donors (Lipinski definition) is 2. The lowest BCUT2D eigenvalue weighted by Gasteiger charge is -2.11. The Morgan fingerprint density at radius 1 is 1.21 bits per heavy atom. The molecule has 24 heavy (non-hydrogen) atoms. The fourth-order valence-electron chi connectivity index (χ4n) is 2.81. The Kier molecular flexibility index (Phi) is 6.78. The van der Waals surface area contributed by atoms with Gasteiger partial charge < -0.3 is 15.8 Å². The zero-order valence-corrected chi connectivity index (χ0v) is 14.8. The highest BCUT2D eigenvalue weighted by molar-refractivity contribution is 7.17. The summed E-state index contributed by atoms with van der Waals surface area (Å²) in [6.45, 7) is 1.71. The molecule has 1 heterocycles. The summed E-state index contributed by atoms with van der Waals surface area (Å²) in [7, 11) is 0. The number of thiophene rings is 1. The standard InChI is InChI=1S/C17H24N2O4S/c1-2-3-4-9-14(21)23-10-13(20)19-17-15(16(18)22)11-7-5-6-8-12(11)24-17/h2-10H2,1H3,(H2,18,22)(H,19,20). The van der Waals surface area contributed by atoms with Crippen molar-refractivity contribution in [3.8, 4) is 0 Å². The van der Waals surface area contributed by atoms with Gasteiger partial charge in [0.05, 0.1) is 5.56 Å². The Morgan fingerprint density at radius 2 is 1.96 bits per heavy atom. The number of primary amides is 1. The molecule has 3 N–H and O–H groups in total. The summed E-state index contributed by atoms with van der Waals surface area (Å²) in [5.74, 6) is -1.35. The summed E-state index contributed by atoms with van der Waals surface area (Å²) in [4.78, 5) is 36.4. The molecule has 0 saturated carbocycles. The number of nitrogens with one attached hydrogen (secondary N) is 1. The van der Waals surface area contributed by atoms with Crippen LogP contribution in [0.3, 0.4) is 0 Å². The summed E-state index contributed by atoms with van der Waals surface area (Å²) < 4.78 is 4.96. The Morgan fingerprint density at radius 3 is 2.67 bits per heavy atom. The summed E-state index contributed by atoms with van der Waals surface area (Å²) in [5.41, 5.74) is 6.86. The minimum Gasteiger partial charge on any atom is -0.456 e. The van der Waals surface area contributed by atoms with Crippen LogP contribution >= 0.6 is 11.3 Å². The van der Waals surface area contributed by atoms with Crippen LogP contribution in [0.1, 0.15) is 66.2 Å². The van der Waals surface area contributed by atoms with Gasteiger partial charge in [-0.05, 0) is 37.7 Å². The van der Waals surface area contributed by atoms with E-state index in [9.17, 15) is 14.4 Å². The monoisotopic (exact) mass is 352 g/mol. The molecule has 0 saturated heterocycles. The molecule has 1 aliphatic rings. The first-order chi connectivity index (χ1) is 11.5. The van der Waals surface area contributed by atoms with Gasteiger partial charge in [-0.3, -0.25) is 14.4 Å². The van der Waals surface area contributed by atoms with Crippen LogP contribution in [0.15, 0.2) is 0 Å². The van der Waals surface area contributed by atoms with E-state index in [1.165, 1.54) is 11.3 Å². The van der Waals surface area contributed by atoms with Crippen LogP contribution in [-0.2, 0) is 27.2 Å². The molecular weight excluding hydrogens is 328 g/mol. The Hall–Kier alpha value is -1.89. The average molecular weight is 352 g/mol. The number of amides is 2. The van der Waals surface area contributed by atoms with Gasteiger partial charge in [-0.25, -0.2) is 0 Å². The fraction of sp³-hybridized carbons (Fsp3) is 0.588. The summed E-state index contributed by atoms with van der Waals surface area (Å²) in [6, 6.07) is 0. The van der Waals surface area contributed by atoms with E-state index in [0.717, 1.165) is 55.4 Å². The number of unbranched alkanes of at least 4 members (excludes halogenated alkanes) is 2. The van der Waals surface area contributed by atoms with Gasteiger partial charge in [0.1, 0.15) is 5.00 Å². The van der Waals surface area contributed by atoms with E-state index < -0.39 is 11.8 Å².